The molecule has 1 aromatic heterocycles. The van der Waals surface area contributed by atoms with Crippen LogP contribution in [0, 0.1) is 6.92 Å². The van der Waals surface area contributed by atoms with Crippen LogP contribution in [-0.4, -0.2) is 26.1 Å². The van der Waals surface area contributed by atoms with Crippen LogP contribution in [0.25, 0.3) is 11.4 Å². The van der Waals surface area contributed by atoms with Crippen LogP contribution in [0.4, 0.5) is 5.69 Å². The van der Waals surface area contributed by atoms with Crippen molar-refractivity contribution in [3.8, 4) is 11.4 Å². The van der Waals surface area contributed by atoms with E-state index in [1.54, 1.807) is 28.9 Å². The molecule has 1 N–H and O–H groups in total. The number of tetrazole rings is 1. The van der Waals surface area contributed by atoms with E-state index in [0.717, 1.165) is 16.8 Å². The Morgan fingerprint density at radius 3 is 2.83 bits per heavy atom. The first-order valence-corrected chi connectivity index (χ1v) is 7.90. The first-order valence-electron chi connectivity index (χ1n) is 7.52. The molecule has 24 heavy (non-hydrogen) atoms. The van der Waals surface area contributed by atoms with Gasteiger partial charge in [0.05, 0.1) is 0 Å². The Kier molecular flexibility index (Phi) is 4.57. The summed E-state index contributed by atoms with van der Waals surface area (Å²) in [7, 11) is 0. The molecular formula is C17H16ClN5O. The molecule has 0 radical (unpaired) electrons. The van der Waals surface area contributed by atoms with Crippen molar-refractivity contribution < 1.29 is 4.79 Å². The van der Waals surface area contributed by atoms with Gasteiger partial charge in [-0.15, -0.1) is 5.10 Å². The number of aromatic nitrogens is 4. The molecule has 3 aromatic rings. The van der Waals surface area contributed by atoms with Gasteiger partial charge in [-0.3, -0.25) is 4.79 Å². The van der Waals surface area contributed by atoms with Crippen LogP contribution in [0.2, 0.25) is 5.02 Å². The monoisotopic (exact) mass is 341 g/mol. The number of halogens is 1. The van der Waals surface area contributed by atoms with Gasteiger partial charge in [0, 0.05) is 28.4 Å². The van der Waals surface area contributed by atoms with Gasteiger partial charge in [-0.25, -0.2) is 4.68 Å². The van der Waals surface area contributed by atoms with Crippen molar-refractivity contribution in [3.63, 3.8) is 0 Å². The summed E-state index contributed by atoms with van der Waals surface area (Å²) in [5, 5.41) is 15.2. The van der Waals surface area contributed by atoms with Crippen molar-refractivity contribution in [1.29, 1.82) is 0 Å². The topological polar surface area (TPSA) is 72.7 Å². The van der Waals surface area contributed by atoms with Crippen molar-refractivity contribution >= 4 is 23.2 Å². The Labute approximate surface area is 144 Å². The van der Waals surface area contributed by atoms with Crippen LogP contribution in [0.15, 0.2) is 42.5 Å². The lowest BCUT2D eigenvalue weighted by Crippen LogP contribution is -2.13. The minimum atomic E-state index is -0.196. The van der Waals surface area contributed by atoms with E-state index in [0.29, 0.717) is 23.0 Å². The van der Waals surface area contributed by atoms with Crippen LogP contribution >= 0.6 is 11.6 Å². The summed E-state index contributed by atoms with van der Waals surface area (Å²) < 4.78 is 1.68. The highest BCUT2D eigenvalue weighted by molar-refractivity contribution is 6.30. The fourth-order valence-corrected chi connectivity index (χ4v) is 2.61. The normalized spacial score (nSPS) is 10.6. The third kappa shape index (κ3) is 3.28. The zero-order valence-electron chi connectivity index (χ0n) is 13.3. The van der Waals surface area contributed by atoms with Crippen LogP contribution < -0.4 is 5.32 Å². The molecule has 0 aliphatic rings. The second-order valence-corrected chi connectivity index (χ2v) is 5.75. The standard InChI is InChI=1S/C17H16ClN5O/c1-3-23-16(20-21-22-23)12-5-4-6-13(10-12)17(24)19-15-8-7-14(18)9-11(15)2/h4-10H,3H2,1-2H3,(H,19,24). The van der Waals surface area contributed by atoms with Gasteiger partial charge in [-0.1, -0.05) is 23.7 Å². The summed E-state index contributed by atoms with van der Waals surface area (Å²) in [5.74, 6) is 0.438. The molecule has 0 atom stereocenters. The maximum absolute atomic E-state index is 12.5. The second kappa shape index (κ2) is 6.80. The van der Waals surface area contributed by atoms with Gasteiger partial charge in [0.25, 0.3) is 5.91 Å². The van der Waals surface area contributed by atoms with E-state index in [4.69, 9.17) is 11.6 Å². The Morgan fingerprint density at radius 2 is 2.08 bits per heavy atom. The van der Waals surface area contributed by atoms with Crippen molar-refractivity contribution in [2.75, 3.05) is 5.32 Å². The van der Waals surface area contributed by atoms with E-state index in [9.17, 15) is 4.79 Å². The number of anilines is 1. The zero-order chi connectivity index (χ0) is 17.1. The number of carbonyl (C=O) groups is 1. The number of aryl methyl sites for hydroxylation is 2. The average Bonchev–Trinajstić information content (AvgIpc) is 3.06. The summed E-state index contributed by atoms with van der Waals surface area (Å²) in [6.07, 6.45) is 0. The van der Waals surface area contributed by atoms with Crippen molar-refractivity contribution in [2.24, 2.45) is 0 Å². The van der Waals surface area contributed by atoms with Gasteiger partial charge in [0.2, 0.25) is 0 Å². The summed E-state index contributed by atoms with van der Waals surface area (Å²) in [4.78, 5) is 12.5. The molecule has 0 bridgehead atoms. The number of hydrogen-bond acceptors (Lipinski definition) is 4. The van der Waals surface area contributed by atoms with Crippen molar-refractivity contribution in [1.82, 2.24) is 20.2 Å². The molecule has 1 heterocycles. The predicted octanol–water partition coefficient (Wildman–Crippen LogP) is 3.57. The fourth-order valence-electron chi connectivity index (χ4n) is 2.39. The number of nitrogens with zero attached hydrogens (tertiary/aromatic N) is 4. The quantitative estimate of drug-likeness (QED) is 0.787. The summed E-state index contributed by atoms with van der Waals surface area (Å²) in [5.41, 5.74) is 2.96. The van der Waals surface area contributed by atoms with Gasteiger partial charge in [-0.2, -0.15) is 0 Å². The molecule has 0 saturated heterocycles. The molecular weight excluding hydrogens is 326 g/mol. The Hall–Kier alpha value is -2.73. The van der Waals surface area contributed by atoms with Gasteiger partial charge < -0.3 is 5.32 Å². The molecule has 0 aliphatic heterocycles. The highest BCUT2D eigenvalue weighted by Crippen LogP contribution is 2.22. The molecule has 0 spiro atoms. The molecule has 0 saturated carbocycles. The van der Waals surface area contributed by atoms with Gasteiger partial charge >= 0.3 is 0 Å². The SMILES string of the molecule is CCn1nnnc1-c1cccc(C(=O)Nc2ccc(Cl)cc2C)c1. The lowest BCUT2D eigenvalue weighted by molar-refractivity contribution is 0.102. The lowest BCUT2D eigenvalue weighted by Gasteiger charge is -2.09. The molecule has 0 fully saturated rings. The van der Waals surface area contributed by atoms with Crippen LogP contribution in [0.3, 0.4) is 0 Å². The summed E-state index contributed by atoms with van der Waals surface area (Å²) in [6, 6.07) is 12.6. The number of benzene rings is 2. The summed E-state index contributed by atoms with van der Waals surface area (Å²) >= 11 is 5.94. The Balaban J connectivity index is 1.87. The first-order chi connectivity index (χ1) is 11.6. The molecule has 0 unspecified atom stereocenters. The van der Waals surface area contributed by atoms with Gasteiger partial charge in [0.15, 0.2) is 5.82 Å². The third-order valence-corrected chi connectivity index (χ3v) is 3.89. The van der Waals surface area contributed by atoms with Gasteiger partial charge in [0.1, 0.15) is 0 Å². The minimum absolute atomic E-state index is 0.196. The van der Waals surface area contributed by atoms with E-state index in [1.165, 1.54) is 0 Å². The molecule has 7 heteroatoms. The van der Waals surface area contributed by atoms with Crippen LogP contribution in [-0.2, 0) is 6.54 Å². The molecule has 6 nitrogen and oxygen atoms in total. The molecule has 2 aromatic carbocycles. The highest BCUT2D eigenvalue weighted by atomic mass is 35.5. The van der Waals surface area contributed by atoms with Crippen LogP contribution in [0.5, 0.6) is 0 Å². The van der Waals surface area contributed by atoms with Crippen molar-refractivity contribution in [2.45, 2.75) is 20.4 Å². The third-order valence-electron chi connectivity index (χ3n) is 3.65. The smallest absolute Gasteiger partial charge is 0.255 e. The zero-order valence-corrected chi connectivity index (χ0v) is 14.1. The maximum Gasteiger partial charge on any atom is 0.255 e. The lowest BCUT2D eigenvalue weighted by atomic mass is 10.1. The average molecular weight is 342 g/mol. The van der Waals surface area contributed by atoms with Crippen LogP contribution in [0.1, 0.15) is 22.8 Å². The van der Waals surface area contributed by atoms with E-state index in [1.807, 2.05) is 32.0 Å². The Bertz CT molecular complexity index is 890. The first kappa shape index (κ1) is 16.1. The van der Waals surface area contributed by atoms with E-state index in [-0.39, 0.29) is 5.91 Å². The van der Waals surface area contributed by atoms with Crippen molar-refractivity contribution in [3.05, 3.63) is 58.6 Å². The highest BCUT2D eigenvalue weighted by Gasteiger charge is 2.12. The number of hydrogen-bond donors (Lipinski definition) is 1. The second-order valence-electron chi connectivity index (χ2n) is 5.31. The van der Waals surface area contributed by atoms with Gasteiger partial charge in [-0.05, 0) is 60.2 Å². The fraction of sp³-hybridized carbons (Fsp3) is 0.176. The number of nitrogens with one attached hydrogen (secondary N) is 1. The molecule has 3 rings (SSSR count). The predicted molar refractivity (Wildman–Crippen MR) is 93.1 cm³/mol. The van der Waals surface area contributed by atoms with E-state index < -0.39 is 0 Å². The Morgan fingerprint density at radius 1 is 1.25 bits per heavy atom. The molecule has 0 aliphatic carbocycles. The molecule has 1 amide bonds. The maximum atomic E-state index is 12.5. The van der Waals surface area contributed by atoms with E-state index >= 15 is 0 Å². The molecule has 122 valence electrons. The van der Waals surface area contributed by atoms with E-state index in [2.05, 4.69) is 20.8 Å². The minimum Gasteiger partial charge on any atom is -0.322 e. The number of amides is 1. The number of rotatable bonds is 4. The number of carbonyl (C=O) groups excluding carboxylic acids is 1. The summed E-state index contributed by atoms with van der Waals surface area (Å²) in [6.45, 7) is 4.51. The largest absolute Gasteiger partial charge is 0.322 e.